The topological polar surface area (TPSA) is 96.7 Å². The number of hydrogen-bond donors (Lipinski definition) is 3. The Hall–Kier alpha value is -4.31. The van der Waals surface area contributed by atoms with Crippen LogP contribution in [0, 0.1) is 5.92 Å². The molecule has 2 unspecified atom stereocenters. The lowest BCUT2D eigenvalue weighted by Gasteiger charge is -2.19. The van der Waals surface area contributed by atoms with Crippen molar-refractivity contribution in [3.05, 3.63) is 90.0 Å². The molecule has 0 saturated carbocycles. The molecule has 1 heterocycles. The Morgan fingerprint density at radius 3 is 2.38 bits per heavy atom. The van der Waals surface area contributed by atoms with Crippen molar-refractivity contribution in [3.63, 3.8) is 0 Å². The van der Waals surface area contributed by atoms with Gasteiger partial charge < -0.3 is 21.1 Å². The van der Waals surface area contributed by atoms with Crippen LogP contribution in [0.3, 0.4) is 0 Å². The number of benzene rings is 3. The molecule has 2 amide bonds. The van der Waals surface area contributed by atoms with Crippen molar-refractivity contribution in [1.29, 1.82) is 0 Å². The van der Waals surface area contributed by atoms with Crippen molar-refractivity contribution in [3.8, 4) is 5.75 Å². The number of nitrogens with two attached hydrogens (primary N) is 1. The van der Waals surface area contributed by atoms with Gasteiger partial charge in [-0.05, 0) is 53.6 Å². The summed E-state index contributed by atoms with van der Waals surface area (Å²) in [5, 5.41) is 5.56. The van der Waals surface area contributed by atoms with Gasteiger partial charge in [-0.2, -0.15) is 8.78 Å². The molecule has 4 N–H and O–H groups in total. The second-order valence-electron chi connectivity index (χ2n) is 9.13. The van der Waals surface area contributed by atoms with Gasteiger partial charge in [0.1, 0.15) is 12.4 Å². The van der Waals surface area contributed by atoms with Gasteiger partial charge in [0.15, 0.2) is 0 Å². The Labute approximate surface area is 224 Å². The second kappa shape index (κ2) is 13.0. The van der Waals surface area contributed by atoms with E-state index in [-0.39, 0.29) is 30.0 Å². The average molecular weight is 539 g/mol. The maximum absolute atomic E-state index is 13.2. The van der Waals surface area contributed by atoms with Gasteiger partial charge in [-0.15, -0.1) is 0 Å². The Balaban J connectivity index is 1.42. The van der Waals surface area contributed by atoms with Crippen molar-refractivity contribution in [2.45, 2.75) is 12.5 Å². The summed E-state index contributed by atoms with van der Waals surface area (Å²) >= 11 is 0. The van der Waals surface area contributed by atoms with E-state index in [2.05, 4.69) is 15.4 Å². The highest BCUT2D eigenvalue weighted by molar-refractivity contribution is 6.03. The Kier molecular flexibility index (Phi) is 9.22. The number of nitrogen functional groups attached to an aromatic ring is 1. The van der Waals surface area contributed by atoms with Gasteiger partial charge >= 0.3 is 6.61 Å². The number of para-hydroxylation sites is 2. The number of rotatable bonds is 10. The van der Waals surface area contributed by atoms with Crippen molar-refractivity contribution in [1.82, 2.24) is 4.90 Å². The Morgan fingerprint density at radius 1 is 1.00 bits per heavy atom. The molecule has 0 bridgehead atoms. The van der Waals surface area contributed by atoms with E-state index >= 15 is 0 Å². The molecule has 10 heteroatoms. The van der Waals surface area contributed by atoms with Gasteiger partial charge in [-0.25, -0.2) is 4.39 Å². The molecule has 2 atom stereocenters. The van der Waals surface area contributed by atoms with Crippen molar-refractivity contribution >= 4 is 35.0 Å². The lowest BCUT2D eigenvalue weighted by atomic mass is 9.88. The van der Waals surface area contributed by atoms with Crippen LogP contribution in [0.15, 0.2) is 78.9 Å². The third-order valence-corrected chi connectivity index (χ3v) is 6.49. The predicted octanol–water partition coefficient (Wildman–Crippen LogP) is 5.15. The highest BCUT2D eigenvalue weighted by atomic mass is 19.3. The molecule has 204 valence electrons. The molecule has 4 rings (SSSR count). The van der Waals surface area contributed by atoms with Crippen LogP contribution in [-0.2, 0) is 9.59 Å². The zero-order chi connectivity index (χ0) is 27.8. The summed E-state index contributed by atoms with van der Waals surface area (Å²) in [6.45, 7) is -2.33. The molecular weight excluding hydrogens is 509 g/mol. The fourth-order valence-electron chi connectivity index (χ4n) is 4.56. The summed E-state index contributed by atoms with van der Waals surface area (Å²) < 4.78 is 42.2. The van der Waals surface area contributed by atoms with Crippen LogP contribution in [0.2, 0.25) is 0 Å². The SMILES string of the molecule is Nc1ccccc1NC(=O)C=Cc1ccc(C2CN(CCF)CC2C(=O)Nc2ccc(OC(F)F)cc2)cc1. The summed E-state index contributed by atoms with van der Waals surface area (Å²) in [4.78, 5) is 27.4. The van der Waals surface area contributed by atoms with Crippen molar-refractivity contribution in [2.75, 3.05) is 42.7 Å². The number of nitrogens with zero attached hydrogens (tertiary/aromatic N) is 1. The first-order valence-corrected chi connectivity index (χ1v) is 12.4. The molecule has 1 aliphatic rings. The zero-order valence-electron chi connectivity index (χ0n) is 21.0. The quantitative estimate of drug-likeness (QED) is 0.245. The molecule has 0 radical (unpaired) electrons. The van der Waals surface area contributed by atoms with E-state index < -0.39 is 19.2 Å². The molecule has 3 aromatic rings. The number of alkyl halides is 3. The number of nitrogens with one attached hydrogen (secondary N) is 2. The third-order valence-electron chi connectivity index (χ3n) is 6.49. The Morgan fingerprint density at radius 2 is 1.72 bits per heavy atom. The fraction of sp³-hybridized carbons (Fsp3) is 0.241. The van der Waals surface area contributed by atoms with Crippen LogP contribution in [0.25, 0.3) is 6.08 Å². The normalized spacial score (nSPS) is 17.4. The van der Waals surface area contributed by atoms with Crippen LogP contribution in [0.1, 0.15) is 17.0 Å². The van der Waals surface area contributed by atoms with E-state index in [1.807, 2.05) is 29.2 Å². The van der Waals surface area contributed by atoms with Gasteiger partial charge in [0.05, 0.1) is 17.3 Å². The smallest absolute Gasteiger partial charge is 0.387 e. The highest BCUT2D eigenvalue weighted by Crippen LogP contribution is 2.34. The van der Waals surface area contributed by atoms with Crippen molar-refractivity contribution < 1.29 is 27.5 Å². The molecule has 39 heavy (non-hydrogen) atoms. The molecule has 1 aliphatic heterocycles. The van der Waals surface area contributed by atoms with E-state index in [0.29, 0.717) is 30.2 Å². The van der Waals surface area contributed by atoms with Crippen molar-refractivity contribution in [2.24, 2.45) is 5.92 Å². The van der Waals surface area contributed by atoms with E-state index in [1.165, 1.54) is 30.3 Å². The molecule has 0 spiro atoms. The lowest BCUT2D eigenvalue weighted by Crippen LogP contribution is -2.29. The van der Waals surface area contributed by atoms with Gasteiger partial charge in [-0.1, -0.05) is 36.4 Å². The van der Waals surface area contributed by atoms with Crippen LogP contribution in [0.4, 0.5) is 30.2 Å². The van der Waals surface area contributed by atoms with E-state index in [9.17, 15) is 22.8 Å². The molecule has 0 aromatic heterocycles. The number of halogens is 3. The molecule has 0 aliphatic carbocycles. The lowest BCUT2D eigenvalue weighted by molar-refractivity contribution is -0.120. The minimum atomic E-state index is -2.93. The van der Waals surface area contributed by atoms with Crippen LogP contribution in [-0.4, -0.2) is 49.6 Å². The fourth-order valence-corrected chi connectivity index (χ4v) is 4.56. The standard InChI is InChI=1S/C29H29F3N4O3/c30-15-16-36-17-23(24(18-36)28(38)34-21-10-12-22(13-11-21)39-29(31)32)20-8-5-19(6-9-20)7-14-27(37)35-26-4-2-1-3-25(26)33/h1-14,23-24,29H,15-18,33H2,(H,34,38)(H,35,37). The number of hydrogen-bond acceptors (Lipinski definition) is 5. The maximum atomic E-state index is 13.2. The number of likely N-dealkylation sites (tertiary alicyclic amines) is 1. The first-order valence-electron chi connectivity index (χ1n) is 12.4. The molecule has 3 aromatic carbocycles. The minimum Gasteiger partial charge on any atom is -0.435 e. The summed E-state index contributed by atoms with van der Waals surface area (Å²) in [7, 11) is 0. The van der Waals surface area contributed by atoms with Gasteiger partial charge in [0.2, 0.25) is 11.8 Å². The molecular formula is C29H29F3N4O3. The third kappa shape index (κ3) is 7.61. The second-order valence-corrected chi connectivity index (χ2v) is 9.13. The molecule has 7 nitrogen and oxygen atoms in total. The van der Waals surface area contributed by atoms with Gasteiger partial charge in [0.25, 0.3) is 0 Å². The van der Waals surface area contributed by atoms with E-state index in [4.69, 9.17) is 5.73 Å². The number of ether oxygens (including phenoxy) is 1. The summed E-state index contributed by atoms with van der Waals surface area (Å²) in [5.41, 5.74) is 9.01. The number of anilines is 3. The highest BCUT2D eigenvalue weighted by Gasteiger charge is 2.38. The first-order chi connectivity index (χ1) is 18.8. The zero-order valence-corrected chi connectivity index (χ0v) is 21.0. The van der Waals surface area contributed by atoms with Gasteiger partial charge in [-0.3, -0.25) is 14.5 Å². The van der Waals surface area contributed by atoms with Crippen LogP contribution in [0.5, 0.6) is 5.75 Å². The maximum Gasteiger partial charge on any atom is 0.387 e. The largest absolute Gasteiger partial charge is 0.435 e. The Bertz CT molecular complexity index is 1300. The summed E-state index contributed by atoms with van der Waals surface area (Å²) in [6.07, 6.45) is 3.09. The number of carbonyl (C=O) groups excluding carboxylic acids is 2. The minimum absolute atomic E-state index is 0.00770. The number of carbonyl (C=O) groups is 2. The monoisotopic (exact) mass is 538 g/mol. The first kappa shape index (κ1) is 27.7. The van der Waals surface area contributed by atoms with Crippen LogP contribution >= 0.6 is 0 Å². The molecule has 1 saturated heterocycles. The summed E-state index contributed by atoms with van der Waals surface area (Å²) in [5.74, 6) is -1.20. The summed E-state index contributed by atoms with van der Waals surface area (Å²) in [6, 6.07) is 20.2. The average Bonchev–Trinajstić information content (AvgIpc) is 3.34. The van der Waals surface area contributed by atoms with Gasteiger partial charge in [0, 0.05) is 37.3 Å². The predicted molar refractivity (Wildman–Crippen MR) is 145 cm³/mol. The van der Waals surface area contributed by atoms with E-state index in [1.54, 1.807) is 30.3 Å². The number of amides is 2. The van der Waals surface area contributed by atoms with E-state index in [0.717, 1.165) is 11.1 Å². The van der Waals surface area contributed by atoms with Crippen LogP contribution < -0.4 is 21.1 Å². The molecule has 1 fully saturated rings.